The van der Waals surface area contributed by atoms with Crippen LogP contribution in [0.3, 0.4) is 0 Å². The van der Waals surface area contributed by atoms with Gasteiger partial charge in [-0.15, -0.1) is 10.2 Å². The number of hydrogen-bond donors (Lipinski definition) is 1. The number of nitrogens with one attached hydrogen (secondary N) is 1. The highest BCUT2D eigenvalue weighted by Crippen LogP contribution is 2.45. The van der Waals surface area contributed by atoms with Crippen LogP contribution in [0.4, 0.5) is 0 Å². The summed E-state index contributed by atoms with van der Waals surface area (Å²) >= 11 is 0. The number of ether oxygens (including phenoxy) is 1. The molecule has 1 unspecified atom stereocenters. The number of rotatable bonds is 2. The second kappa shape index (κ2) is 4.38. The predicted molar refractivity (Wildman–Crippen MR) is 63.8 cm³/mol. The molecule has 1 spiro atoms. The largest absolute Gasteiger partial charge is 0.381 e. The van der Waals surface area contributed by atoms with E-state index in [0.717, 1.165) is 51.5 Å². The van der Waals surface area contributed by atoms with Crippen molar-refractivity contribution in [3.63, 3.8) is 0 Å². The van der Waals surface area contributed by atoms with Crippen LogP contribution < -0.4 is 5.32 Å². The smallest absolute Gasteiger partial charge is 0.137 e. The molecule has 0 saturated carbocycles. The van der Waals surface area contributed by atoms with Gasteiger partial charge in [-0.25, -0.2) is 0 Å². The zero-order valence-corrected chi connectivity index (χ0v) is 10.4. The molecule has 2 aliphatic rings. The molecule has 3 rings (SSSR count). The predicted octanol–water partition coefficient (Wildman–Crippen LogP) is 0.782. The van der Waals surface area contributed by atoms with Crippen LogP contribution in [0.1, 0.15) is 31.5 Å². The Bertz CT molecular complexity index is 384. The zero-order valence-electron chi connectivity index (χ0n) is 10.4. The maximum atomic E-state index is 5.51. The van der Waals surface area contributed by atoms with E-state index in [1.807, 2.05) is 6.33 Å². The van der Waals surface area contributed by atoms with Crippen molar-refractivity contribution in [2.45, 2.75) is 32.2 Å². The average molecular weight is 236 g/mol. The van der Waals surface area contributed by atoms with Crippen LogP contribution in [0.15, 0.2) is 6.33 Å². The molecule has 2 saturated heterocycles. The zero-order chi connectivity index (χ0) is 11.7. The van der Waals surface area contributed by atoms with Crippen molar-refractivity contribution >= 4 is 0 Å². The van der Waals surface area contributed by atoms with Crippen molar-refractivity contribution in [1.82, 2.24) is 20.1 Å². The van der Waals surface area contributed by atoms with E-state index in [9.17, 15) is 0 Å². The summed E-state index contributed by atoms with van der Waals surface area (Å²) in [4.78, 5) is 0. The van der Waals surface area contributed by atoms with Crippen LogP contribution >= 0.6 is 0 Å². The van der Waals surface area contributed by atoms with Crippen molar-refractivity contribution < 1.29 is 4.74 Å². The number of aryl methyl sites for hydroxylation is 1. The van der Waals surface area contributed by atoms with Gasteiger partial charge < -0.3 is 14.6 Å². The van der Waals surface area contributed by atoms with Gasteiger partial charge in [0, 0.05) is 38.8 Å². The third-order valence-corrected chi connectivity index (χ3v) is 4.35. The van der Waals surface area contributed by atoms with E-state index < -0.39 is 0 Å². The van der Waals surface area contributed by atoms with Gasteiger partial charge in [0.1, 0.15) is 12.2 Å². The molecule has 0 amide bonds. The molecule has 5 nitrogen and oxygen atoms in total. The van der Waals surface area contributed by atoms with E-state index in [4.69, 9.17) is 4.74 Å². The SMILES string of the molecule is CCn1cnnc1C1CNCC12CCOCC2. The fourth-order valence-electron chi connectivity index (χ4n) is 3.25. The van der Waals surface area contributed by atoms with Crippen molar-refractivity contribution in [2.24, 2.45) is 5.41 Å². The monoisotopic (exact) mass is 236 g/mol. The summed E-state index contributed by atoms with van der Waals surface area (Å²) in [6, 6.07) is 0. The van der Waals surface area contributed by atoms with Crippen LogP contribution in [0.5, 0.6) is 0 Å². The number of aromatic nitrogens is 3. The highest BCUT2D eigenvalue weighted by Gasteiger charge is 2.46. The van der Waals surface area contributed by atoms with E-state index in [1.165, 1.54) is 0 Å². The minimum absolute atomic E-state index is 0.345. The molecule has 0 radical (unpaired) electrons. The Kier molecular flexibility index (Phi) is 2.88. The quantitative estimate of drug-likeness (QED) is 0.824. The lowest BCUT2D eigenvalue weighted by atomic mass is 9.72. The Morgan fingerprint density at radius 3 is 3.12 bits per heavy atom. The van der Waals surface area contributed by atoms with Gasteiger partial charge in [0.25, 0.3) is 0 Å². The Morgan fingerprint density at radius 1 is 1.53 bits per heavy atom. The highest BCUT2D eigenvalue weighted by molar-refractivity contribution is 5.11. The highest BCUT2D eigenvalue weighted by atomic mass is 16.5. The molecule has 94 valence electrons. The molecule has 3 heterocycles. The molecule has 1 aromatic rings. The van der Waals surface area contributed by atoms with Gasteiger partial charge in [-0.05, 0) is 25.2 Å². The normalized spacial score (nSPS) is 27.7. The standard InChI is InChI=1S/C12H20N4O/c1-2-16-9-14-15-11(16)10-7-13-8-12(10)3-5-17-6-4-12/h9-10,13H,2-8H2,1H3. The molecule has 2 fully saturated rings. The van der Waals surface area contributed by atoms with Gasteiger partial charge in [0.2, 0.25) is 0 Å². The fraction of sp³-hybridized carbons (Fsp3) is 0.833. The minimum Gasteiger partial charge on any atom is -0.381 e. The van der Waals surface area contributed by atoms with Gasteiger partial charge in [-0.2, -0.15) is 0 Å². The summed E-state index contributed by atoms with van der Waals surface area (Å²) in [6.45, 7) is 6.99. The van der Waals surface area contributed by atoms with Crippen LogP contribution in [-0.2, 0) is 11.3 Å². The molecule has 5 heteroatoms. The molecule has 1 atom stereocenters. The molecule has 1 aromatic heterocycles. The van der Waals surface area contributed by atoms with Crippen LogP contribution in [0.25, 0.3) is 0 Å². The summed E-state index contributed by atoms with van der Waals surface area (Å²) in [5.74, 6) is 1.65. The van der Waals surface area contributed by atoms with Crippen molar-refractivity contribution in [3.8, 4) is 0 Å². The molecule has 0 bridgehead atoms. The fourth-order valence-corrected chi connectivity index (χ4v) is 3.25. The summed E-state index contributed by atoms with van der Waals surface area (Å²) in [6.07, 6.45) is 4.13. The summed E-state index contributed by atoms with van der Waals surface area (Å²) < 4.78 is 7.68. The summed E-state index contributed by atoms with van der Waals surface area (Å²) in [5.41, 5.74) is 0.345. The maximum Gasteiger partial charge on any atom is 0.137 e. The first kappa shape index (κ1) is 11.2. The van der Waals surface area contributed by atoms with Gasteiger partial charge in [-0.3, -0.25) is 0 Å². The average Bonchev–Trinajstić information content (AvgIpc) is 2.96. The lowest BCUT2D eigenvalue weighted by molar-refractivity contribution is 0.0149. The molecular weight excluding hydrogens is 216 g/mol. The van der Waals surface area contributed by atoms with Gasteiger partial charge in [-0.1, -0.05) is 0 Å². The van der Waals surface area contributed by atoms with E-state index in [0.29, 0.717) is 11.3 Å². The molecular formula is C12H20N4O. The maximum absolute atomic E-state index is 5.51. The van der Waals surface area contributed by atoms with E-state index >= 15 is 0 Å². The second-order valence-corrected chi connectivity index (χ2v) is 5.13. The first-order valence-electron chi connectivity index (χ1n) is 6.52. The lowest BCUT2D eigenvalue weighted by Gasteiger charge is -2.37. The first-order valence-corrected chi connectivity index (χ1v) is 6.52. The minimum atomic E-state index is 0.345. The Morgan fingerprint density at radius 2 is 2.35 bits per heavy atom. The molecule has 1 N–H and O–H groups in total. The Labute approximate surface area is 102 Å². The van der Waals surface area contributed by atoms with Crippen molar-refractivity contribution in [2.75, 3.05) is 26.3 Å². The summed E-state index contributed by atoms with van der Waals surface area (Å²) in [7, 11) is 0. The molecule has 0 aliphatic carbocycles. The molecule has 2 aliphatic heterocycles. The third kappa shape index (κ3) is 1.77. The molecule has 17 heavy (non-hydrogen) atoms. The van der Waals surface area contributed by atoms with Crippen LogP contribution in [-0.4, -0.2) is 41.1 Å². The number of nitrogens with zero attached hydrogens (tertiary/aromatic N) is 3. The number of hydrogen-bond acceptors (Lipinski definition) is 4. The van der Waals surface area contributed by atoms with Crippen molar-refractivity contribution in [1.29, 1.82) is 0 Å². The first-order chi connectivity index (χ1) is 8.36. The summed E-state index contributed by atoms with van der Waals surface area (Å²) in [5, 5.41) is 12.0. The van der Waals surface area contributed by atoms with Crippen LogP contribution in [0, 0.1) is 5.41 Å². The van der Waals surface area contributed by atoms with Gasteiger partial charge in [0.05, 0.1) is 0 Å². The second-order valence-electron chi connectivity index (χ2n) is 5.13. The van der Waals surface area contributed by atoms with E-state index in [-0.39, 0.29) is 0 Å². The lowest BCUT2D eigenvalue weighted by Crippen LogP contribution is -2.36. The van der Waals surface area contributed by atoms with Gasteiger partial charge in [0.15, 0.2) is 0 Å². The van der Waals surface area contributed by atoms with Crippen LogP contribution in [0.2, 0.25) is 0 Å². The van der Waals surface area contributed by atoms with E-state index in [1.54, 1.807) is 0 Å². The topological polar surface area (TPSA) is 52.0 Å². The third-order valence-electron chi connectivity index (χ3n) is 4.35. The van der Waals surface area contributed by atoms with E-state index in [2.05, 4.69) is 27.0 Å². The molecule has 0 aromatic carbocycles. The van der Waals surface area contributed by atoms with Gasteiger partial charge >= 0.3 is 0 Å². The van der Waals surface area contributed by atoms with Crippen molar-refractivity contribution in [3.05, 3.63) is 12.2 Å². The Hall–Kier alpha value is -0.940. The Balaban J connectivity index is 1.91.